The molecule has 0 aliphatic heterocycles. The summed E-state index contributed by atoms with van der Waals surface area (Å²) in [6, 6.07) is 0. The number of nitrogens with zero attached hydrogens (tertiary/aromatic N) is 1. The fourth-order valence-corrected chi connectivity index (χ4v) is 1.95. The smallest absolute Gasteiger partial charge is 0.185 e. The molecule has 8 nitrogen and oxygen atoms in total. The van der Waals surface area contributed by atoms with Gasteiger partial charge in [0.05, 0.1) is 0 Å². The number of aliphatic imine (C=N–C) groups is 1. The van der Waals surface area contributed by atoms with Crippen LogP contribution in [0.5, 0.6) is 0 Å². The second-order valence-electron chi connectivity index (χ2n) is 5.27. The van der Waals surface area contributed by atoms with Gasteiger partial charge >= 0.3 is 0 Å². The Kier molecular flexibility index (Phi) is 14.7. The summed E-state index contributed by atoms with van der Waals surface area (Å²) < 4.78 is 0. The lowest BCUT2D eigenvalue weighted by Gasteiger charge is -2.06. The fraction of sp³-hybridized carbons (Fsp3) is 0.857. The van der Waals surface area contributed by atoms with Crippen LogP contribution in [0.15, 0.2) is 4.99 Å². The molecule has 0 radical (unpaired) electrons. The number of rotatable bonds is 15. The average molecular weight is 314 g/mol. The van der Waals surface area contributed by atoms with Gasteiger partial charge in [-0.3, -0.25) is 10.4 Å². The SMILES string of the molecule is N=C(N)NCCCNCCCCCCNCCCN=C(N)N. The molecule has 0 aromatic rings. The van der Waals surface area contributed by atoms with E-state index in [-0.39, 0.29) is 11.9 Å². The molecule has 0 aromatic carbocycles. The van der Waals surface area contributed by atoms with Gasteiger partial charge in [0, 0.05) is 13.1 Å². The molecule has 0 aliphatic rings. The van der Waals surface area contributed by atoms with Crippen molar-refractivity contribution in [2.75, 3.05) is 39.3 Å². The molecule has 22 heavy (non-hydrogen) atoms. The minimum Gasteiger partial charge on any atom is -0.370 e. The third kappa shape index (κ3) is 18.5. The summed E-state index contributed by atoms with van der Waals surface area (Å²) in [5, 5.41) is 16.6. The Balaban J connectivity index is 3.02. The van der Waals surface area contributed by atoms with Gasteiger partial charge in [0.1, 0.15) is 0 Å². The highest BCUT2D eigenvalue weighted by atomic mass is 15.0. The molecule has 130 valence electrons. The lowest BCUT2D eigenvalue weighted by Crippen LogP contribution is -2.32. The normalized spacial score (nSPS) is 10.4. The molecule has 0 rings (SSSR count). The van der Waals surface area contributed by atoms with Crippen LogP contribution in [0, 0.1) is 5.41 Å². The average Bonchev–Trinajstić information content (AvgIpc) is 2.46. The summed E-state index contributed by atoms with van der Waals surface area (Å²) in [5.74, 6) is 0.216. The zero-order valence-corrected chi connectivity index (χ0v) is 13.7. The molecule has 0 aliphatic carbocycles. The van der Waals surface area contributed by atoms with Crippen molar-refractivity contribution in [3.05, 3.63) is 0 Å². The first-order valence-corrected chi connectivity index (χ1v) is 8.17. The van der Waals surface area contributed by atoms with Gasteiger partial charge in [-0.15, -0.1) is 0 Å². The van der Waals surface area contributed by atoms with Gasteiger partial charge in [-0.25, -0.2) is 0 Å². The van der Waals surface area contributed by atoms with Crippen molar-refractivity contribution in [2.45, 2.75) is 38.5 Å². The van der Waals surface area contributed by atoms with E-state index in [1.54, 1.807) is 0 Å². The van der Waals surface area contributed by atoms with E-state index in [0.717, 1.165) is 45.6 Å². The number of guanidine groups is 2. The molecule has 0 fully saturated rings. The van der Waals surface area contributed by atoms with Crippen molar-refractivity contribution in [1.29, 1.82) is 5.41 Å². The van der Waals surface area contributed by atoms with Crippen LogP contribution >= 0.6 is 0 Å². The molecule has 0 saturated carbocycles. The van der Waals surface area contributed by atoms with Crippen LogP contribution in [0.1, 0.15) is 38.5 Å². The Morgan fingerprint density at radius 1 is 0.727 bits per heavy atom. The zero-order chi connectivity index (χ0) is 16.5. The highest BCUT2D eigenvalue weighted by Crippen LogP contribution is 1.97. The van der Waals surface area contributed by atoms with Crippen molar-refractivity contribution in [2.24, 2.45) is 22.2 Å². The first-order valence-electron chi connectivity index (χ1n) is 8.17. The summed E-state index contributed by atoms with van der Waals surface area (Å²) >= 11 is 0. The maximum absolute atomic E-state index is 7.01. The van der Waals surface area contributed by atoms with Crippen LogP contribution in [0.4, 0.5) is 0 Å². The van der Waals surface area contributed by atoms with Crippen molar-refractivity contribution >= 4 is 11.9 Å². The molecule has 0 atom stereocenters. The highest BCUT2D eigenvalue weighted by molar-refractivity contribution is 5.75. The fourth-order valence-electron chi connectivity index (χ4n) is 1.95. The van der Waals surface area contributed by atoms with E-state index in [9.17, 15) is 0 Å². The zero-order valence-electron chi connectivity index (χ0n) is 13.7. The predicted molar refractivity (Wildman–Crippen MR) is 94.0 cm³/mol. The summed E-state index contributed by atoms with van der Waals surface area (Å²) in [5.41, 5.74) is 15.7. The molecule has 0 unspecified atom stereocenters. The van der Waals surface area contributed by atoms with E-state index in [0.29, 0.717) is 6.54 Å². The van der Waals surface area contributed by atoms with Crippen molar-refractivity contribution in [3.63, 3.8) is 0 Å². The van der Waals surface area contributed by atoms with Gasteiger partial charge < -0.3 is 33.2 Å². The maximum Gasteiger partial charge on any atom is 0.185 e. The van der Waals surface area contributed by atoms with Gasteiger partial charge in [0.2, 0.25) is 0 Å². The molecule has 0 heterocycles. The van der Waals surface area contributed by atoms with E-state index in [2.05, 4.69) is 20.9 Å². The second kappa shape index (κ2) is 15.8. The summed E-state index contributed by atoms with van der Waals surface area (Å²) in [6.45, 7) is 5.52. The molecule has 10 N–H and O–H groups in total. The minimum absolute atomic E-state index is 0.0462. The van der Waals surface area contributed by atoms with E-state index in [1.807, 2.05) is 0 Å². The Morgan fingerprint density at radius 2 is 1.27 bits per heavy atom. The number of hydrogen-bond donors (Lipinski definition) is 7. The van der Waals surface area contributed by atoms with Crippen molar-refractivity contribution in [1.82, 2.24) is 16.0 Å². The van der Waals surface area contributed by atoms with E-state index in [1.165, 1.54) is 25.7 Å². The third-order valence-electron chi connectivity index (χ3n) is 3.11. The van der Waals surface area contributed by atoms with Gasteiger partial charge in [-0.1, -0.05) is 12.8 Å². The standard InChI is InChI=1S/C14H34N8/c15-13(16)21-11-5-9-19-7-3-1-2-4-8-20-10-6-12-22-14(17)18/h19-20H,1-12H2,(H4,15,16,21)(H4,17,18,22). The predicted octanol–water partition coefficient (Wildman–Crippen LogP) is -0.737. The number of hydrogen-bond acceptors (Lipinski definition) is 4. The van der Waals surface area contributed by atoms with Gasteiger partial charge in [-0.2, -0.15) is 0 Å². The van der Waals surface area contributed by atoms with Crippen LogP contribution in [-0.2, 0) is 0 Å². The van der Waals surface area contributed by atoms with Crippen LogP contribution in [0.3, 0.4) is 0 Å². The summed E-state index contributed by atoms with van der Waals surface area (Å²) in [7, 11) is 0. The number of nitrogens with two attached hydrogens (primary N) is 3. The van der Waals surface area contributed by atoms with Crippen LogP contribution in [0.2, 0.25) is 0 Å². The Labute approximate surface area is 134 Å². The monoisotopic (exact) mass is 314 g/mol. The Morgan fingerprint density at radius 3 is 1.82 bits per heavy atom. The summed E-state index contributed by atoms with van der Waals surface area (Å²) in [6.07, 6.45) is 6.90. The first kappa shape index (κ1) is 20.5. The van der Waals surface area contributed by atoms with Crippen LogP contribution < -0.4 is 33.2 Å². The van der Waals surface area contributed by atoms with Gasteiger partial charge in [0.15, 0.2) is 11.9 Å². The quantitative estimate of drug-likeness (QED) is 0.120. The number of unbranched alkanes of at least 4 members (excludes halogenated alkanes) is 3. The number of nitrogens with one attached hydrogen (secondary N) is 4. The Hall–Kier alpha value is -1.54. The topological polar surface area (TPSA) is 150 Å². The van der Waals surface area contributed by atoms with Crippen molar-refractivity contribution < 1.29 is 0 Å². The third-order valence-corrected chi connectivity index (χ3v) is 3.11. The summed E-state index contributed by atoms with van der Waals surface area (Å²) in [4.78, 5) is 3.93. The van der Waals surface area contributed by atoms with E-state index < -0.39 is 0 Å². The molecular weight excluding hydrogens is 280 g/mol. The maximum atomic E-state index is 7.01. The van der Waals surface area contributed by atoms with E-state index in [4.69, 9.17) is 22.6 Å². The minimum atomic E-state index is 0.0462. The molecule has 0 bridgehead atoms. The first-order chi connectivity index (χ1) is 10.6. The van der Waals surface area contributed by atoms with Crippen LogP contribution in [-0.4, -0.2) is 51.2 Å². The lowest BCUT2D eigenvalue weighted by atomic mass is 10.2. The van der Waals surface area contributed by atoms with Crippen LogP contribution in [0.25, 0.3) is 0 Å². The second-order valence-corrected chi connectivity index (χ2v) is 5.27. The molecule has 0 aromatic heterocycles. The molecule has 0 amide bonds. The molecule has 0 saturated heterocycles. The van der Waals surface area contributed by atoms with E-state index >= 15 is 0 Å². The molecule has 0 spiro atoms. The molecular formula is C14H34N8. The largest absolute Gasteiger partial charge is 0.370 e. The Bertz CT molecular complexity index is 289. The lowest BCUT2D eigenvalue weighted by molar-refractivity contribution is 0.554. The highest BCUT2D eigenvalue weighted by Gasteiger charge is 1.93. The van der Waals surface area contributed by atoms with Gasteiger partial charge in [0.25, 0.3) is 0 Å². The molecule has 8 heteroatoms. The van der Waals surface area contributed by atoms with Crippen molar-refractivity contribution in [3.8, 4) is 0 Å². The van der Waals surface area contributed by atoms with Gasteiger partial charge in [-0.05, 0) is 51.9 Å².